The summed E-state index contributed by atoms with van der Waals surface area (Å²) in [6.45, 7) is 4.52. The first kappa shape index (κ1) is 15.3. The SMILES string of the molecule is CCC1(CNC(=O)N[C@H](C)CS(C)(=O)=O)CCC1. The van der Waals surface area contributed by atoms with Crippen molar-refractivity contribution in [3.05, 3.63) is 0 Å². The molecule has 0 spiro atoms. The molecule has 2 amide bonds. The van der Waals surface area contributed by atoms with Crippen LogP contribution in [0.3, 0.4) is 0 Å². The molecule has 0 aliphatic heterocycles. The summed E-state index contributed by atoms with van der Waals surface area (Å²) in [4.78, 5) is 11.6. The Morgan fingerprint density at radius 2 is 2.00 bits per heavy atom. The van der Waals surface area contributed by atoms with Crippen molar-refractivity contribution >= 4 is 15.9 Å². The minimum absolute atomic E-state index is 0.0284. The van der Waals surface area contributed by atoms with Gasteiger partial charge in [0.2, 0.25) is 0 Å². The Morgan fingerprint density at radius 1 is 1.39 bits per heavy atom. The Balaban J connectivity index is 2.29. The third kappa shape index (κ3) is 4.84. The third-order valence-corrected chi connectivity index (χ3v) is 4.82. The van der Waals surface area contributed by atoms with Crippen molar-refractivity contribution in [1.29, 1.82) is 0 Å². The highest BCUT2D eigenvalue weighted by Gasteiger charge is 2.35. The maximum Gasteiger partial charge on any atom is 0.315 e. The Morgan fingerprint density at radius 3 is 2.39 bits per heavy atom. The Hall–Kier alpha value is -0.780. The molecule has 1 aliphatic carbocycles. The van der Waals surface area contributed by atoms with Gasteiger partial charge in [0.05, 0.1) is 5.75 Å². The minimum Gasteiger partial charge on any atom is -0.338 e. The molecule has 1 saturated carbocycles. The van der Waals surface area contributed by atoms with E-state index in [1.807, 2.05) is 0 Å². The van der Waals surface area contributed by atoms with Crippen molar-refractivity contribution in [2.75, 3.05) is 18.6 Å². The lowest BCUT2D eigenvalue weighted by molar-refractivity contribution is 0.126. The number of nitrogens with one attached hydrogen (secondary N) is 2. The number of sulfone groups is 1. The lowest BCUT2D eigenvalue weighted by Gasteiger charge is -2.41. The standard InChI is InChI=1S/C12H24N2O3S/c1-4-12(6-5-7-12)9-13-11(15)14-10(2)8-18(3,16)17/h10H,4-9H2,1-3H3,(H2,13,14,15)/t10-/m1/s1. The van der Waals surface area contributed by atoms with Crippen LogP contribution in [-0.4, -0.2) is 39.0 Å². The number of carbonyl (C=O) groups is 1. The molecule has 0 saturated heterocycles. The first-order chi connectivity index (χ1) is 8.26. The van der Waals surface area contributed by atoms with E-state index in [2.05, 4.69) is 17.6 Å². The van der Waals surface area contributed by atoms with Gasteiger partial charge >= 0.3 is 6.03 Å². The highest BCUT2D eigenvalue weighted by atomic mass is 32.2. The van der Waals surface area contributed by atoms with Gasteiger partial charge in [-0.05, 0) is 31.6 Å². The molecule has 0 aromatic carbocycles. The van der Waals surface area contributed by atoms with Gasteiger partial charge in [-0.1, -0.05) is 13.3 Å². The topological polar surface area (TPSA) is 75.3 Å². The zero-order valence-electron chi connectivity index (χ0n) is 11.5. The van der Waals surface area contributed by atoms with Crippen LogP contribution in [0.4, 0.5) is 4.79 Å². The lowest BCUT2D eigenvalue weighted by atomic mass is 9.67. The summed E-state index contributed by atoms with van der Waals surface area (Å²) in [5, 5.41) is 5.50. The van der Waals surface area contributed by atoms with Gasteiger partial charge in [-0.25, -0.2) is 13.2 Å². The van der Waals surface area contributed by atoms with Gasteiger partial charge in [0.15, 0.2) is 0 Å². The molecule has 1 rings (SSSR count). The molecule has 0 heterocycles. The van der Waals surface area contributed by atoms with E-state index in [0.29, 0.717) is 6.54 Å². The summed E-state index contributed by atoms with van der Waals surface area (Å²) in [5.41, 5.74) is 0.275. The molecule has 1 aliphatic rings. The summed E-state index contributed by atoms with van der Waals surface area (Å²) < 4.78 is 22.1. The smallest absolute Gasteiger partial charge is 0.315 e. The van der Waals surface area contributed by atoms with Crippen LogP contribution in [0.25, 0.3) is 0 Å². The van der Waals surface area contributed by atoms with Crippen molar-refractivity contribution in [2.45, 2.75) is 45.6 Å². The van der Waals surface area contributed by atoms with Crippen LogP contribution in [0, 0.1) is 5.41 Å². The van der Waals surface area contributed by atoms with Crippen LogP contribution in [0.2, 0.25) is 0 Å². The summed E-state index contributed by atoms with van der Waals surface area (Å²) >= 11 is 0. The van der Waals surface area contributed by atoms with E-state index >= 15 is 0 Å². The average molecular weight is 276 g/mol. The molecule has 1 fully saturated rings. The van der Waals surface area contributed by atoms with E-state index in [1.54, 1.807) is 6.92 Å². The fourth-order valence-corrected chi connectivity index (χ4v) is 3.36. The number of hydrogen-bond acceptors (Lipinski definition) is 3. The van der Waals surface area contributed by atoms with Crippen LogP contribution in [0.5, 0.6) is 0 Å². The van der Waals surface area contributed by atoms with Gasteiger partial charge in [0.25, 0.3) is 0 Å². The highest BCUT2D eigenvalue weighted by molar-refractivity contribution is 7.90. The summed E-state index contributed by atoms with van der Waals surface area (Å²) in [5.74, 6) is -0.0284. The summed E-state index contributed by atoms with van der Waals surface area (Å²) in [6.07, 6.45) is 5.82. The van der Waals surface area contributed by atoms with E-state index in [1.165, 1.54) is 25.5 Å². The molecule has 0 aromatic heterocycles. The fraction of sp³-hybridized carbons (Fsp3) is 0.917. The summed E-state index contributed by atoms with van der Waals surface area (Å²) in [6, 6.07) is -0.634. The van der Waals surface area contributed by atoms with Gasteiger partial charge in [-0.3, -0.25) is 0 Å². The normalized spacial score (nSPS) is 19.7. The second-order valence-electron chi connectivity index (χ2n) is 5.53. The number of carbonyl (C=O) groups excluding carboxylic acids is 1. The number of rotatable bonds is 6. The zero-order chi connectivity index (χ0) is 13.8. The van der Waals surface area contributed by atoms with E-state index in [0.717, 1.165) is 6.42 Å². The summed E-state index contributed by atoms with van der Waals surface area (Å²) in [7, 11) is -3.05. The molecule has 0 radical (unpaired) electrons. The zero-order valence-corrected chi connectivity index (χ0v) is 12.3. The second kappa shape index (κ2) is 5.91. The molecular weight excluding hydrogens is 252 g/mol. The first-order valence-corrected chi connectivity index (χ1v) is 8.54. The molecule has 18 heavy (non-hydrogen) atoms. The molecule has 1 atom stereocenters. The van der Waals surface area contributed by atoms with Crippen LogP contribution >= 0.6 is 0 Å². The molecule has 0 aromatic rings. The maximum atomic E-state index is 11.6. The number of hydrogen-bond donors (Lipinski definition) is 2. The van der Waals surface area contributed by atoms with Crippen LogP contribution in [0.1, 0.15) is 39.5 Å². The van der Waals surface area contributed by atoms with E-state index < -0.39 is 9.84 Å². The highest BCUT2D eigenvalue weighted by Crippen LogP contribution is 2.42. The van der Waals surface area contributed by atoms with Crippen molar-refractivity contribution in [2.24, 2.45) is 5.41 Å². The van der Waals surface area contributed by atoms with Gasteiger partial charge in [0.1, 0.15) is 9.84 Å². The van der Waals surface area contributed by atoms with Crippen LogP contribution < -0.4 is 10.6 Å². The molecule has 0 bridgehead atoms. The van der Waals surface area contributed by atoms with Gasteiger partial charge in [-0.15, -0.1) is 0 Å². The van der Waals surface area contributed by atoms with Gasteiger partial charge in [-0.2, -0.15) is 0 Å². The predicted molar refractivity (Wildman–Crippen MR) is 72.3 cm³/mol. The maximum absolute atomic E-state index is 11.6. The second-order valence-corrected chi connectivity index (χ2v) is 7.71. The molecule has 0 unspecified atom stereocenters. The first-order valence-electron chi connectivity index (χ1n) is 6.48. The van der Waals surface area contributed by atoms with Gasteiger partial charge < -0.3 is 10.6 Å². The molecule has 5 nitrogen and oxygen atoms in total. The van der Waals surface area contributed by atoms with Gasteiger partial charge in [0, 0.05) is 18.8 Å². The predicted octanol–water partition coefficient (Wildman–Crippen LogP) is 1.30. The quantitative estimate of drug-likeness (QED) is 0.768. The third-order valence-electron chi connectivity index (χ3n) is 3.72. The monoisotopic (exact) mass is 276 g/mol. The van der Waals surface area contributed by atoms with Crippen molar-refractivity contribution in [3.63, 3.8) is 0 Å². The molecule has 106 valence electrons. The van der Waals surface area contributed by atoms with E-state index in [-0.39, 0.29) is 23.2 Å². The average Bonchev–Trinajstić information content (AvgIpc) is 2.13. The van der Waals surface area contributed by atoms with E-state index in [9.17, 15) is 13.2 Å². The Bertz CT molecular complexity index is 383. The van der Waals surface area contributed by atoms with Crippen molar-refractivity contribution in [1.82, 2.24) is 10.6 Å². The molecule has 6 heteroatoms. The van der Waals surface area contributed by atoms with Crippen LogP contribution in [-0.2, 0) is 9.84 Å². The van der Waals surface area contributed by atoms with Crippen molar-refractivity contribution < 1.29 is 13.2 Å². The Kier molecular flexibility index (Phi) is 5.01. The molecule has 2 N–H and O–H groups in total. The molecular formula is C12H24N2O3S. The lowest BCUT2D eigenvalue weighted by Crippen LogP contribution is -2.48. The largest absolute Gasteiger partial charge is 0.338 e. The number of urea groups is 1. The Labute approximate surface area is 110 Å². The van der Waals surface area contributed by atoms with E-state index in [4.69, 9.17) is 0 Å². The number of amides is 2. The minimum atomic E-state index is -3.05. The van der Waals surface area contributed by atoms with Crippen molar-refractivity contribution in [3.8, 4) is 0 Å². The fourth-order valence-electron chi connectivity index (χ4n) is 2.37. The van der Waals surface area contributed by atoms with Crippen LogP contribution in [0.15, 0.2) is 0 Å².